The number of carbonyl (C=O) groups is 3. The van der Waals surface area contributed by atoms with Crippen molar-refractivity contribution < 1.29 is 23.9 Å². The maximum atomic E-state index is 13.2. The van der Waals surface area contributed by atoms with Crippen LogP contribution in [0.15, 0.2) is 115 Å². The highest BCUT2D eigenvalue weighted by molar-refractivity contribution is 6.11. The van der Waals surface area contributed by atoms with Crippen molar-refractivity contribution in [2.24, 2.45) is 0 Å². The highest BCUT2D eigenvalue weighted by atomic mass is 16.5. The number of benzene rings is 4. The molecule has 0 bridgehead atoms. The molecule has 0 heterocycles. The quantitative estimate of drug-likeness (QED) is 0.193. The molecule has 7 heteroatoms. The zero-order chi connectivity index (χ0) is 28.3. The molecule has 0 unspecified atom stereocenters. The summed E-state index contributed by atoms with van der Waals surface area (Å²) in [6.07, 6.45) is 4.73. The number of rotatable bonds is 10. The molecule has 0 saturated heterocycles. The van der Waals surface area contributed by atoms with Gasteiger partial charge >= 0.3 is 0 Å². The zero-order valence-corrected chi connectivity index (χ0v) is 22.1. The van der Waals surface area contributed by atoms with Crippen LogP contribution < -0.4 is 20.1 Å². The van der Waals surface area contributed by atoms with Crippen molar-refractivity contribution >= 4 is 35.4 Å². The first-order valence-corrected chi connectivity index (χ1v) is 12.5. The van der Waals surface area contributed by atoms with Crippen molar-refractivity contribution in [2.45, 2.75) is 0 Å². The highest BCUT2D eigenvalue weighted by Gasteiger charge is 2.15. The minimum Gasteiger partial charge on any atom is -0.497 e. The maximum Gasteiger partial charge on any atom is 0.272 e. The average Bonchev–Trinajstić information content (AvgIpc) is 3.00. The Labute approximate surface area is 232 Å². The highest BCUT2D eigenvalue weighted by Crippen LogP contribution is 2.26. The summed E-state index contributed by atoms with van der Waals surface area (Å²) in [5, 5.41) is 5.50. The van der Waals surface area contributed by atoms with Gasteiger partial charge in [-0.25, -0.2) is 0 Å². The Balaban J connectivity index is 1.47. The van der Waals surface area contributed by atoms with E-state index in [1.54, 1.807) is 93.1 Å². The molecule has 7 nitrogen and oxygen atoms in total. The van der Waals surface area contributed by atoms with Crippen LogP contribution in [0.5, 0.6) is 11.5 Å². The molecule has 4 aromatic carbocycles. The molecule has 0 aromatic heterocycles. The fraction of sp³-hybridized carbons (Fsp3) is 0.0606. The van der Waals surface area contributed by atoms with Crippen LogP contribution in [-0.4, -0.2) is 31.8 Å². The van der Waals surface area contributed by atoms with Gasteiger partial charge in [-0.15, -0.1) is 0 Å². The molecule has 2 N–H and O–H groups in total. The van der Waals surface area contributed by atoms with Gasteiger partial charge in [0.2, 0.25) is 0 Å². The summed E-state index contributed by atoms with van der Waals surface area (Å²) in [7, 11) is 3.12. The Morgan fingerprint density at radius 2 is 1.40 bits per heavy atom. The molecule has 0 aliphatic rings. The number of ether oxygens (including phenoxy) is 2. The molecule has 4 aromatic rings. The van der Waals surface area contributed by atoms with Crippen LogP contribution in [0.25, 0.3) is 12.2 Å². The number of ketones is 1. The average molecular weight is 533 g/mol. The van der Waals surface area contributed by atoms with Crippen molar-refractivity contribution in [3.63, 3.8) is 0 Å². The second-order valence-electron chi connectivity index (χ2n) is 8.63. The van der Waals surface area contributed by atoms with Crippen LogP contribution >= 0.6 is 0 Å². The Hall–Kier alpha value is -5.43. The normalized spacial score (nSPS) is 11.1. The summed E-state index contributed by atoms with van der Waals surface area (Å²) in [5.41, 5.74) is 2.90. The number of amides is 2. The zero-order valence-electron chi connectivity index (χ0n) is 22.1. The third-order valence-electron chi connectivity index (χ3n) is 5.92. The van der Waals surface area contributed by atoms with Gasteiger partial charge in [0, 0.05) is 28.4 Å². The number of allylic oxidation sites excluding steroid dienone is 1. The smallest absolute Gasteiger partial charge is 0.272 e. The number of hydrogen-bond donors (Lipinski definition) is 2. The predicted molar refractivity (Wildman–Crippen MR) is 156 cm³/mol. The predicted octanol–water partition coefficient (Wildman–Crippen LogP) is 6.01. The third kappa shape index (κ3) is 7.33. The molecule has 0 spiro atoms. The summed E-state index contributed by atoms with van der Waals surface area (Å²) < 4.78 is 10.6. The van der Waals surface area contributed by atoms with E-state index in [2.05, 4.69) is 10.6 Å². The van der Waals surface area contributed by atoms with Crippen molar-refractivity contribution in [3.05, 3.63) is 137 Å². The molecule has 0 saturated carbocycles. The Morgan fingerprint density at radius 1 is 0.725 bits per heavy atom. The molecular weight excluding hydrogens is 504 g/mol. The van der Waals surface area contributed by atoms with Crippen molar-refractivity contribution in [3.8, 4) is 11.5 Å². The van der Waals surface area contributed by atoms with Crippen molar-refractivity contribution in [1.82, 2.24) is 5.32 Å². The maximum absolute atomic E-state index is 13.2. The van der Waals surface area contributed by atoms with E-state index in [-0.39, 0.29) is 11.5 Å². The largest absolute Gasteiger partial charge is 0.497 e. The van der Waals surface area contributed by atoms with Crippen LogP contribution in [0, 0.1) is 0 Å². The van der Waals surface area contributed by atoms with Crippen molar-refractivity contribution in [2.75, 3.05) is 19.5 Å². The summed E-state index contributed by atoms with van der Waals surface area (Å²) in [5.74, 6) is 0.118. The molecular formula is C33H28N2O5. The number of anilines is 1. The first-order valence-electron chi connectivity index (χ1n) is 12.5. The SMILES string of the molecule is COc1ccc(/C=C/C(=O)c2ccc(NC(=O)/C(=C/c3ccccc3)NC(=O)c3ccccc3)cc2)c(OC)c1. The van der Waals surface area contributed by atoms with Gasteiger partial charge in [0.1, 0.15) is 17.2 Å². The van der Waals surface area contributed by atoms with Crippen LogP contribution in [-0.2, 0) is 4.79 Å². The minimum atomic E-state index is -0.501. The molecule has 0 atom stereocenters. The number of carbonyl (C=O) groups excluding carboxylic acids is 3. The summed E-state index contributed by atoms with van der Waals surface area (Å²) in [4.78, 5) is 38.7. The lowest BCUT2D eigenvalue weighted by molar-refractivity contribution is -0.113. The minimum absolute atomic E-state index is 0.0802. The fourth-order valence-electron chi connectivity index (χ4n) is 3.79. The van der Waals surface area contributed by atoms with Crippen LogP contribution in [0.2, 0.25) is 0 Å². The molecule has 0 aliphatic heterocycles. The van der Waals surface area contributed by atoms with Gasteiger partial charge in [0.15, 0.2) is 5.78 Å². The van der Waals surface area contributed by atoms with Gasteiger partial charge in [0.05, 0.1) is 14.2 Å². The van der Waals surface area contributed by atoms with Gasteiger partial charge in [0.25, 0.3) is 11.8 Å². The second-order valence-corrected chi connectivity index (χ2v) is 8.63. The van der Waals surface area contributed by atoms with E-state index in [9.17, 15) is 14.4 Å². The van der Waals surface area contributed by atoms with Gasteiger partial charge < -0.3 is 20.1 Å². The van der Waals surface area contributed by atoms with Crippen LogP contribution in [0.1, 0.15) is 31.8 Å². The first kappa shape index (κ1) is 27.6. The van der Waals surface area contributed by atoms with Gasteiger partial charge in [-0.2, -0.15) is 0 Å². The molecule has 2 amide bonds. The molecule has 200 valence electrons. The summed E-state index contributed by atoms with van der Waals surface area (Å²) >= 11 is 0. The lowest BCUT2D eigenvalue weighted by atomic mass is 10.1. The Bertz CT molecular complexity index is 1540. The van der Waals surface area contributed by atoms with E-state index < -0.39 is 11.8 Å². The summed E-state index contributed by atoms with van der Waals surface area (Å²) in [6.45, 7) is 0. The monoisotopic (exact) mass is 532 g/mol. The standard InChI is InChI=1S/C33H28N2O5/c1-39-28-19-15-25(31(22-28)40-2)16-20-30(36)24-13-17-27(18-14-24)34-33(38)29(21-23-9-5-3-6-10-23)35-32(37)26-11-7-4-8-12-26/h3-22H,1-2H3,(H,34,38)(H,35,37)/b20-16+,29-21-. The molecule has 40 heavy (non-hydrogen) atoms. The summed E-state index contributed by atoms with van der Waals surface area (Å²) in [6, 6.07) is 29.7. The van der Waals surface area contributed by atoms with Crippen molar-refractivity contribution in [1.29, 1.82) is 0 Å². The number of nitrogens with one attached hydrogen (secondary N) is 2. The van der Waals surface area contributed by atoms with Gasteiger partial charge in [-0.05, 0) is 72.3 Å². The molecule has 0 aliphatic carbocycles. The third-order valence-corrected chi connectivity index (χ3v) is 5.92. The Kier molecular flexibility index (Phi) is 9.24. The van der Waals surface area contributed by atoms with Gasteiger partial charge in [-0.3, -0.25) is 14.4 Å². The van der Waals surface area contributed by atoms with Crippen LogP contribution in [0.3, 0.4) is 0 Å². The van der Waals surface area contributed by atoms with E-state index in [0.717, 1.165) is 11.1 Å². The second kappa shape index (κ2) is 13.4. The number of hydrogen-bond acceptors (Lipinski definition) is 5. The Morgan fingerprint density at radius 3 is 2.05 bits per heavy atom. The van der Waals surface area contributed by atoms with E-state index in [4.69, 9.17) is 9.47 Å². The van der Waals surface area contributed by atoms with E-state index in [1.807, 2.05) is 36.4 Å². The molecule has 0 fully saturated rings. The van der Waals surface area contributed by atoms with E-state index >= 15 is 0 Å². The fourth-order valence-corrected chi connectivity index (χ4v) is 3.79. The molecule has 4 rings (SSSR count). The topological polar surface area (TPSA) is 93.7 Å². The lowest BCUT2D eigenvalue weighted by Gasteiger charge is -2.12. The van der Waals surface area contributed by atoms with E-state index in [1.165, 1.54) is 6.08 Å². The van der Waals surface area contributed by atoms with Gasteiger partial charge in [-0.1, -0.05) is 48.5 Å². The number of methoxy groups -OCH3 is 2. The first-order chi connectivity index (χ1) is 19.5. The lowest BCUT2D eigenvalue weighted by Crippen LogP contribution is -2.30. The van der Waals surface area contributed by atoms with Crippen LogP contribution in [0.4, 0.5) is 5.69 Å². The molecule has 0 radical (unpaired) electrons. The van der Waals surface area contributed by atoms with E-state index in [0.29, 0.717) is 28.3 Å².